The normalized spacial score (nSPS) is 42.2. The van der Waals surface area contributed by atoms with Gasteiger partial charge in [0.2, 0.25) is 0 Å². The Bertz CT molecular complexity index is 330. The largest absolute Gasteiger partial charge is 0.465 e. The lowest BCUT2D eigenvalue weighted by molar-refractivity contribution is -0.162. The minimum Gasteiger partial charge on any atom is -0.465 e. The maximum Gasteiger partial charge on any atom is 0.309 e. The average Bonchev–Trinajstić information content (AvgIpc) is 2.43. The average molecular weight is 284 g/mol. The summed E-state index contributed by atoms with van der Waals surface area (Å²) in [4.78, 5) is 12.3. The highest BCUT2D eigenvalue weighted by atomic mass is 16.5. The van der Waals surface area contributed by atoms with Crippen molar-refractivity contribution in [2.24, 2.45) is 23.7 Å². The highest BCUT2D eigenvalue weighted by Crippen LogP contribution is 2.30. The van der Waals surface area contributed by atoms with Crippen LogP contribution in [0.5, 0.6) is 0 Å². The molecule has 0 aliphatic carbocycles. The van der Waals surface area contributed by atoms with Gasteiger partial charge < -0.3 is 14.2 Å². The molecule has 2 rings (SSSR count). The molecule has 0 spiro atoms. The van der Waals surface area contributed by atoms with Crippen LogP contribution in [0.2, 0.25) is 0 Å². The van der Waals surface area contributed by atoms with Crippen molar-refractivity contribution in [3.05, 3.63) is 0 Å². The molecule has 0 amide bonds. The molecule has 0 aromatic carbocycles. The first-order valence-corrected chi connectivity index (χ1v) is 7.90. The molecule has 2 saturated heterocycles. The number of rotatable bonds is 3. The van der Waals surface area contributed by atoms with Crippen LogP contribution in [0.4, 0.5) is 0 Å². The smallest absolute Gasteiger partial charge is 0.309 e. The SMILES string of the molecule is CC1OCCC(COC(=O)C2CCOC(C)C2C)C1C. The van der Waals surface area contributed by atoms with Crippen molar-refractivity contribution in [3.8, 4) is 0 Å². The molecule has 20 heavy (non-hydrogen) atoms. The van der Waals surface area contributed by atoms with Crippen LogP contribution in [0.25, 0.3) is 0 Å². The zero-order valence-electron chi connectivity index (χ0n) is 13.1. The van der Waals surface area contributed by atoms with E-state index in [-0.39, 0.29) is 30.0 Å². The van der Waals surface area contributed by atoms with E-state index in [1.54, 1.807) is 0 Å². The summed E-state index contributed by atoms with van der Waals surface area (Å²) >= 11 is 0. The second-order valence-corrected chi connectivity index (χ2v) is 6.44. The van der Waals surface area contributed by atoms with E-state index < -0.39 is 0 Å². The van der Waals surface area contributed by atoms with Gasteiger partial charge in [-0.05, 0) is 38.5 Å². The summed E-state index contributed by atoms with van der Waals surface area (Å²) in [5, 5.41) is 0. The van der Waals surface area contributed by atoms with E-state index >= 15 is 0 Å². The third-order valence-corrected chi connectivity index (χ3v) is 5.28. The van der Waals surface area contributed by atoms with E-state index in [0.29, 0.717) is 25.0 Å². The minimum atomic E-state index is -0.0426. The molecule has 6 unspecified atom stereocenters. The molecular weight excluding hydrogens is 256 g/mol. The number of hydrogen-bond acceptors (Lipinski definition) is 4. The molecule has 4 heteroatoms. The first-order chi connectivity index (χ1) is 9.50. The highest BCUT2D eigenvalue weighted by Gasteiger charge is 2.35. The van der Waals surface area contributed by atoms with Gasteiger partial charge in [-0.1, -0.05) is 13.8 Å². The van der Waals surface area contributed by atoms with Crippen LogP contribution >= 0.6 is 0 Å². The lowest BCUT2D eigenvalue weighted by atomic mass is 9.84. The van der Waals surface area contributed by atoms with Crippen molar-refractivity contribution in [1.29, 1.82) is 0 Å². The van der Waals surface area contributed by atoms with E-state index in [0.717, 1.165) is 19.4 Å². The summed E-state index contributed by atoms with van der Waals surface area (Å²) in [7, 11) is 0. The molecule has 116 valence electrons. The summed E-state index contributed by atoms with van der Waals surface area (Å²) in [5.74, 6) is 1.06. The second-order valence-electron chi connectivity index (χ2n) is 6.44. The topological polar surface area (TPSA) is 44.8 Å². The maximum absolute atomic E-state index is 12.3. The molecule has 0 saturated carbocycles. The van der Waals surface area contributed by atoms with Gasteiger partial charge in [0.1, 0.15) is 0 Å². The number of esters is 1. The van der Waals surface area contributed by atoms with Crippen molar-refractivity contribution < 1.29 is 19.0 Å². The fraction of sp³-hybridized carbons (Fsp3) is 0.938. The molecule has 2 aliphatic rings. The standard InChI is InChI=1S/C16H28O4/c1-10-12(3)18-7-5-14(10)9-20-16(17)15-6-8-19-13(4)11(15)2/h10-15H,5-9H2,1-4H3. The van der Waals surface area contributed by atoms with Crippen LogP contribution in [0, 0.1) is 23.7 Å². The van der Waals surface area contributed by atoms with Gasteiger partial charge >= 0.3 is 5.97 Å². The van der Waals surface area contributed by atoms with E-state index in [9.17, 15) is 4.79 Å². The number of hydrogen-bond donors (Lipinski definition) is 0. The molecule has 0 N–H and O–H groups in total. The third kappa shape index (κ3) is 3.53. The van der Waals surface area contributed by atoms with Crippen molar-refractivity contribution in [3.63, 3.8) is 0 Å². The molecular formula is C16H28O4. The minimum absolute atomic E-state index is 0.00804. The lowest BCUT2D eigenvalue weighted by Gasteiger charge is -2.35. The van der Waals surface area contributed by atoms with E-state index in [4.69, 9.17) is 14.2 Å². The predicted octanol–water partition coefficient (Wildman–Crippen LogP) is 2.65. The van der Waals surface area contributed by atoms with Gasteiger partial charge in [0, 0.05) is 19.1 Å². The van der Waals surface area contributed by atoms with Gasteiger partial charge in [-0.3, -0.25) is 4.79 Å². The van der Waals surface area contributed by atoms with Gasteiger partial charge in [0.05, 0.1) is 24.7 Å². The Labute approximate surface area is 122 Å². The highest BCUT2D eigenvalue weighted by molar-refractivity contribution is 5.73. The van der Waals surface area contributed by atoms with E-state index in [2.05, 4.69) is 20.8 Å². The zero-order chi connectivity index (χ0) is 14.7. The Balaban J connectivity index is 1.82. The van der Waals surface area contributed by atoms with Crippen LogP contribution in [0.1, 0.15) is 40.5 Å². The monoisotopic (exact) mass is 284 g/mol. The quantitative estimate of drug-likeness (QED) is 0.747. The van der Waals surface area contributed by atoms with Gasteiger partial charge in [-0.25, -0.2) is 0 Å². The van der Waals surface area contributed by atoms with Crippen molar-refractivity contribution in [2.45, 2.75) is 52.7 Å². The fourth-order valence-corrected chi connectivity index (χ4v) is 3.19. The molecule has 0 aromatic rings. The van der Waals surface area contributed by atoms with E-state index in [1.807, 2.05) is 6.92 Å². The molecule has 2 fully saturated rings. The van der Waals surface area contributed by atoms with Crippen LogP contribution in [-0.2, 0) is 19.0 Å². The van der Waals surface area contributed by atoms with Crippen LogP contribution in [0.15, 0.2) is 0 Å². The Hall–Kier alpha value is -0.610. The van der Waals surface area contributed by atoms with Crippen molar-refractivity contribution >= 4 is 5.97 Å². The maximum atomic E-state index is 12.3. The van der Waals surface area contributed by atoms with Crippen molar-refractivity contribution in [2.75, 3.05) is 19.8 Å². The number of ether oxygens (including phenoxy) is 3. The molecule has 0 bridgehead atoms. The van der Waals surface area contributed by atoms with Crippen LogP contribution in [0.3, 0.4) is 0 Å². The molecule has 2 aliphatic heterocycles. The first kappa shape index (κ1) is 15.8. The van der Waals surface area contributed by atoms with Gasteiger partial charge in [0.25, 0.3) is 0 Å². The lowest BCUT2D eigenvalue weighted by Crippen LogP contribution is -2.40. The zero-order valence-corrected chi connectivity index (χ0v) is 13.1. The van der Waals surface area contributed by atoms with Crippen molar-refractivity contribution in [1.82, 2.24) is 0 Å². The summed E-state index contributed by atoms with van der Waals surface area (Å²) in [6, 6.07) is 0. The Kier molecular flexibility index (Phi) is 5.44. The Morgan fingerprint density at radius 3 is 2.30 bits per heavy atom. The first-order valence-electron chi connectivity index (χ1n) is 7.90. The van der Waals surface area contributed by atoms with Gasteiger partial charge in [0.15, 0.2) is 0 Å². The third-order valence-electron chi connectivity index (χ3n) is 5.28. The summed E-state index contributed by atoms with van der Waals surface area (Å²) in [6.07, 6.45) is 2.17. The number of carbonyl (C=O) groups is 1. The Morgan fingerprint density at radius 1 is 1.00 bits per heavy atom. The molecule has 0 radical (unpaired) electrons. The van der Waals surface area contributed by atoms with Crippen LogP contribution < -0.4 is 0 Å². The van der Waals surface area contributed by atoms with Gasteiger partial charge in [-0.2, -0.15) is 0 Å². The molecule has 2 heterocycles. The molecule has 6 atom stereocenters. The Morgan fingerprint density at radius 2 is 1.60 bits per heavy atom. The molecule has 4 nitrogen and oxygen atoms in total. The summed E-state index contributed by atoms with van der Waals surface area (Å²) in [5.41, 5.74) is 0. The van der Waals surface area contributed by atoms with Gasteiger partial charge in [-0.15, -0.1) is 0 Å². The van der Waals surface area contributed by atoms with E-state index in [1.165, 1.54) is 0 Å². The second kappa shape index (κ2) is 6.90. The molecule has 0 aromatic heterocycles. The fourth-order valence-electron chi connectivity index (χ4n) is 3.19. The summed E-state index contributed by atoms with van der Waals surface area (Å²) in [6.45, 7) is 10.4. The summed E-state index contributed by atoms with van der Waals surface area (Å²) < 4.78 is 16.8. The van der Waals surface area contributed by atoms with Crippen LogP contribution in [-0.4, -0.2) is 38.0 Å². The number of carbonyl (C=O) groups excluding carboxylic acids is 1. The predicted molar refractivity (Wildman–Crippen MR) is 76.3 cm³/mol.